The lowest BCUT2D eigenvalue weighted by atomic mass is 10.0. The summed E-state index contributed by atoms with van der Waals surface area (Å²) >= 11 is 4.20. The van der Waals surface area contributed by atoms with Crippen LogP contribution >= 0.6 is 12.6 Å². The number of carboxylic acid groups (broad SMARTS) is 1. The van der Waals surface area contributed by atoms with Gasteiger partial charge in [-0.1, -0.05) is 24.3 Å². The molecule has 0 saturated heterocycles. The van der Waals surface area contributed by atoms with Crippen molar-refractivity contribution in [3.63, 3.8) is 0 Å². The fourth-order valence-corrected chi connectivity index (χ4v) is 1.88. The van der Waals surface area contributed by atoms with Gasteiger partial charge in [0.15, 0.2) is 0 Å². The van der Waals surface area contributed by atoms with Crippen LogP contribution in [0.5, 0.6) is 0 Å². The van der Waals surface area contributed by atoms with Gasteiger partial charge in [-0.05, 0) is 24.5 Å². The van der Waals surface area contributed by atoms with E-state index in [0.717, 1.165) is 11.1 Å². The van der Waals surface area contributed by atoms with E-state index in [0.29, 0.717) is 12.2 Å². The summed E-state index contributed by atoms with van der Waals surface area (Å²) in [6.07, 6.45) is 0.663. The summed E-state index contributed by atoms with van der Waals surface area (Å²) < 4.78 is 0. The average molecular weight is 282 g/mol. The number of thiol groups is 1. The Morgan fingerprint density at radius 3 is 2.63 bits per heavy atom. The summed E-state index contributed by atoms with van der Waals surface area (Å²) in [5.41, 5.74) is 2.29. The van der Waals surface area contributed by atoms with Crippen LogP contribution in [0.1, 0.15) is 11.1 Å². The summed E-state index contributed by atoms with van der Waals surface area (Å²) in [4.78, 5) is 21.8. The topological polar surface area (TPSA) is 78.4 Å². The molecule has 0 bridgehead atoms. The largest absolute Gasteiger partial charge is 0.480 e. The van der Waals surface area contributed by atoms with Crippen molar-refractivity contribution in [3.05, 3.63) is 35.4 Å². The molecule has 0 aliphatic rings. The molecule has 0 heterocycles. The van der Waals surface area contributed by atoms with Gasteiger partial charge < -0.3 is 15.7 Å². The molecule has 0 fully saturated rings. The molecule has 3 N–H and O–H groups in total. The third-order valence-electron chi connectivity index (χ3n) is 2.68. The van der Waals surface area contributed by atoms with Crippen LogP contribution in [0.15, 0.2) is 24.3 Å². The standard InChI is InChI=1S/C13H18N2O3S/c1-9-4-2-3-5-10(9)6-11(8-19)15-13(18)14-7-12(16)17/h2-5,11,19H,6-8H2,1H3,(H,16,17)(H2,14,15,18). The summed E-state index contributed by atoms with van der Waals surface area (Å²) in [6, 6.07) is 7.29. The fraction of sp³-hybridized carbons (Fsp3) is 0.385. The van der Waals surface area contributed by atoms with Crippen molar-refractivity contribution in [1.29, 1.82) is 0 Å². The van der Waals surface area contributed by atoms with E-state index in [9.17, 15) is 9.59 Å². The van der Waals surface area contributed by atoms with Gasteiger partial charge in [0.1, 0.15) is 6.54 Å². The lowest BCUT2D eigenvalue weighted by molar-refractivity contribution is -0.135. The zero-order valence-electron chi connectivity index (χ0n) is 10.7. The van der Waals surface area contributed by atoms with E-state index in [1.807, 2.05) is 31.2 Å². The van der Waals surface area contributed by atoms with Crippen molar-refractivity contribution in [3.8, 4) is 0 Å². The van der Waals surface area contributed by atoms with Crippen LogP contribution in [0.3, 0.4) is 0 Å². The normalized spacial score (nSPS) is 11.7. The molecule has 1 aromatic carbocycles. The Balaban J connectivity index is 2.52. The number of hydrogen-bond donors (Lipinski definition) is 4. The molecule has 1 rings (SSSR count). The van der Waals surface area contributed by atoms with Gasteiger partial charge in [0.2, 0.25) is 0 Å². The van der Waals surface area contributed by atoms with Gasteiger partial charge in [0.25, 0.3) is 0 Å². The lowest BCUT2D eigenvalue weighted by Crippen LogP contribution is -2.45. The maximum absolute atomic E-state index is 11.5. The molecule has 0 spiro atoms. The number of aliphatic carboxylic acids is 1. The summed E-state index contributed by atoms with van der Waals surface area (Å²) in [5, 5.41) is 13.4. The highest BCUT2D eigenvalue weighted by atomic mass is 32.1. The number of amides is 2. The van der Waals surface area contributed by atoms with E-state index in [1.165, 1.54) is 0 Å². The van der Waals surface area contributed by atoms with Gasteiger partial charge in [-0.3, -0.25) is 4.79 Å². The van der Waals surface area contributed by atoms with E-state index in [1.54, 1.807) is 0 Å². The highest BCUT2D eigenvalue weighted by Gasteiger charge is 2.12. The van der Waals surface area contributed by atoms with E-state index in [4.69, 9.17) is 5.11 Å². The van der Waals surface area contributed by atoms with E-state index < -0.39 is 18.5 Å². The van der Waals surface area contributed by atoms with E-state index in [2.05, 4.69) is 23.3 Å². The molecular formula is C13H18N2O3S. The van der Waals surface area contributed by atoms with Crippen LogP contribution in [0.4, 0.5) is 4.79 Å². The molecule has 104 valence electrons. The fourth-order valence-electron chi connectivity index (χ4n) is 1.66. The van der Waals surface area contributed by atoms with Crippen LogP contribution in [-0.2, 0) is 11.2 Å². The Morgan fingerprint density at radius 2 is 2.05 bits per heavy atom. The van der Waals surface area contributed by atoms with E-state index >= 15 is 0 Å². The number of urea groups is 1. The van der Waals surface area contributed by atoms with Crippen molar-refractivity contribution in [1.82, 2.24) is 10.6 Å². The van der Waals surface area contributed by atoms with Crippen LogP contribution in [0.25, 0.3) is 0 Å². The minimum Gasteiger partial charge on any atom is -0.480 e. The molecule has 5 nitrogen and oxygen atoms in total. The van der Waals surface area contributed by atoms with Crippen LogP contribution in [-0.4, -0.2) is 35.4 Å². The van der Waals surface area contributed by atoms with Crippen LogP contribution in [0, 0.1) is 6.92 Å². The molecule has 0 aliphatic carbocycles. The average Bonchev–Trinajstić information content (AvgIpc) is 2.38. The second-order valence-corrected chi connectivity index (χ2v) is 4.60. The number of rotatable bonds is 6. The molecule has 1 atom stereocenters. The van der Waals surface area contributed by atoms with Crippen molar-refractivity contribution < 1.29 is 14.7 Å². The minimum absolute atomic E-state index is 0.141. The number of benzene rings is 1. The van der Waals surface area contributed by atoms with Gasteiger partial charge in [-0.2, -0.15) is 12.6 Å². The number of carboxylic acids is 1. The van der Waals surface area contributed by atoms with Crippen molar-refractivity contribution in [2.24, 2.45) is 0 Å². The molecule has 0 radical (unpaired) electrons. The first-order valence-electron chi connectivity index (χ1n) is 5.94. The molecule has 1 aromatic rings. The highest BCUT2D eigenvalue weighted by molar-refractivity contribution is 7.80. The minimum atomic E-state index is -1.07. The first kappa shape index (κ1) is 15.4. The smallest absolute Gasteiger partial charge is 0.323 e. The number of carbonyl (C=O) groups excluding carboxylic acids is 1. The predicted molar refractivity (Wildman–Crippen MR) is 76.7 cm³/mol. The molecule has 6 heteroatoms. The molecule has 1 unspecified atom stereocenters. The van der Waals surface area contributed by atoms with Gasteiger partial charge in [0, 0.05) is 11.8 Å². The zero-order chi connectivity index (χ0) is 14.3. The SMILES string of the molecule is Cc1ccccc1CC(CS)NC(=O)NCC(=O)O. The Hall–Kier alpha value is -1.69. The summed E-state index contributed by atoms with van der Waals surface area (Å²) in [7, 11) is 0. The second-order valence-electron chi connectivity index (χ2n) is 4.23. The molecule has 0 aromatic heterocycles. The van der Waals surface area contributed by atoms with E-state index in [-0.39, 0.29) is 6.04 Å². The molecule has 2 amide bonds. The Bertz CT molecular complexity index is 451. The van der Waals surface area contributed by atoms with Crippen molar-refractivity contribution in [2.75, 3.05) is 12.3 Å². The quantitative estimate of drug-likeness (QED) is 0.592. The van der Waals surface area contributed by atoms with Gasteiger partial charge >= 0.3 is 12.0 Å². The van der Waals surface area contributed by atoms with Crippen LogP contribution in [0.2, 0.25) is 0 Å². The monoisotopic (exact) mass is 282 g/mol. The third kappa shape index (κ3) is 5.65. The Labute approximate surface area is 117 Å². The van der Waals surface area contributed by atoms with Crippen LogP contribution < -0.4 is 10.6 Å². The Kier molecular flexibility index (Phi) is 6.21. The Morgan fingerprint density at radius 1 is 1.37 bits per heavy atom. The third-order valence-corrected chi connectivity index (χ3v) is 3.12. The maximum atomic E-state index is 11.5. The van der Waals surface area contributed by atoms with Crippen molar-refractivity contribution >= 4 is 24.6 Å². The van der Waals surface area contributed by atoms with Gasteiger partial charge in [0.05, 0.1) is 0 Å². The van der Waals surface area contributed by atoms with Gasteiger partial charge in [-0.15, -0.1) is 0 Å². The predicted octanol–water partition coefficient (Wildman–Crippen LogP) is 1.22. The zero-order valence-corrected chi connectivity index (χ0v) is 11.6. The number of aryl methyl sites for hydroxylation is 1. The molecular weight excluding hydrogens is 264 g/mol. The first-order valence-corrected chi connectivity index (χ1v) is 6.57. The second kappa shape index (κ2) is 7.68. The molecule has 0 saturated carbocycles. The summed E-state index contributed by atoms with van der Waals surface area (Å²) in [6.45, 7) is 1.62. The molecule has 0 aliphatic heterocycles. The first-order chi connectivity index (χ1) is 9.02. The highest BCUT2D eigenvalue weighted by Crippen LogP contribution is 2.10. The molecule has 19 heavy (non-hydrogen) atoms. The number of carbonyl (C=O) groups is 2. The number of hydrogen-bond acceptors (Lipinski definition) is 3. The van der Waals surface area contributed by atoms with Gasteiger partial charge in [-0.25, -0.2) is 4.79 Å². The van der Waals surface area contributed by atoms with Crippen molar-refractivity contribution in [2.45, 2.75) is 19.4 Å². The maximum Gasteiger partial charge on any atom is 0.323 e. The number of nitrogens with one attached hydrogen (secondary N) is 2. The lowest BCUT2D eigenvalue weighted by Gasteiger charge is -2.18. The summed E-state index contributed by atoms with van der Waals surface area (Å²) in [5.74, 6) is -0.592.